The molecule has 2 aliphatic carbocycles. The standard InChI is InChI=1S/C36H30O2S/c1-35(33(37)27-13-5-3-6-14-27)23-11-19-25-17-9-21-29(31(25)35)39-30-22-10-18-26-20-12-24-36(2,32(26)30)34(38)28-15-7-4-8-16-28/h3-22H,23-24H2,1-2H3. The van der Waals surface area contributed by atoms with E-state index in [1.54, 1.807) is 11.8 Å². The molecule has 0 N–H and O–H groups in total. The monoisotopic (exact) mass is 526 g/mol. The third-order valence-electron chi connectivity index (χ3n) is 8.16. The van der Waals surface area contributed by atoms with Crippen molar-refractivity contribution < 1.29 is 9.59 Å². The summed E-state index contributed by atoms with van der Waals surface area (Å²) in [5.41, 5.74) is 4.35. The van der Waals surface area contributed by atoms with E-state index >= 15 is 0 Å². The van der Waals surface area contributed by atoms with Gasteiger partial charge < -0.3 is 0 Å². The number of hydrogen-bond donors (Lipinski definition) is 0. The number of rotatable bonds is 6. The number of carbonyl (C=O) groups excluding carboxylic acids is 2. The van der Waals surface area contributed by atoms with Gasteiger partial charge in [-0.1, -0.05) is 121 Å². The van der Waals surface area contributed by atoms with E-state index in [9.17, 15) is 9.59 Å². The summed E-state index contributed by atoms with van der Waals surface area (Å²) >= 11 is 1.67. The first-order valence-electron chi connectivity index (χ1n) is 13.4. The van der Waals surface area contributed by atoms with Crippen molar-refractivity contribution in [3.05, 3.63) is 143 Å². The number of fused-ring (bicyclic) bond motifs is 2. The summed E-state index contributed by atoms with van der Waals surface area (Å²) in [5.74, 6) is 0.257. The molecular formula is C36H30O2S. The molecule has 39 heavy (non-hydrogen) atoms. The van der Waals surface area contributed by atoms with E-state index in [0.29, 0.717) is 12.8 Å². The Hall–Kier alpha value is -3.95. The van der Waals surface area contributed by atoms with Crippen LogP contribution in [0.3, 0.4) is 0 Å². The maximum absolute atomic E-state index is 14.0. The molecule has 2 aliphatic rings. The van der Waals surface area contributed by atoms with Crippen LogP contribution in [0.2, 0.25) is 0 Å². The molecule has 0 aromatic heterocycles. The summed E-state index contributed by atoms with van der Waals surface area (Å²) in [6.07, 6.45) is 9.78. The summed E-state index contributed by atoms with van der Waals surface area (Å²) in [4.78, 5) is 30.1. The fraction of sp³-hybridized carbons (Fsp3) is 0.167. The molecule has 0 spiro atoms. The molecule has 192 valence electrons. The van der Waals surface area contributed by atoms with E-state index in [2.05, 4.69) is 74.5 Å². The summed E-state index contributed by atoms with van der Waals surface area (Å²) in [7, 11) is 0. The third-order valence-corrected chi connectivity index (χ3v) is 9.28. The SMILES string of the molecule is CC1(C(=O)c2ccccc2)CC=Cc2cccc(Sc3cccc4c3C(C)(C(=O)c3ccccc3)CC=C4)c21. The van der Waals surface area contributed by atoms with Gasteiger partial charge in [0, 0.05) is 20.9 Å². The minimum Gasteiger partial charge on any atom is -0.293 e. The molecule has 2 nitrogen and oxygen atoms in total. The van der Waals surface area contributed by atoms with Crippen molar-refractivity contribution in [2.75, 3.05) is 0 Å². The van der Waals surface area contributed by atoms with Gasteiger partial charge in [-0.2, -0.15) is 0 Å². The van der Waals surface area contributed by atoms with Crippen LogP contribution in [0, 0.1) is 0 Å². The van der Waals surface area contributed by atoms with Gasteiger partial charge in [0.25, 0.3) is 0 Å². The van der Waals surface area contributed by atoms with Gasteiger partial charge in [0.15, 0.2) is 11.6 Å². The maximum Gasteiger partial charge on any atom is 0.173 e. The molecule has 0 saturated heterocycles. The van der Waals surface area contributed by atoms with E-state index < -0.39 is 10.8 Å². The van der Waals surface area contributed by atoms with Gasteiger partial charge in [-0.15, -0.1) is 0 Å². The Bertz CT molecular complexity index is 1510. The Morgan fingerprint density at radius 1 is 0.564 bits per heavy atom. The van der Waals surface area contributed by atoms with Crippen LogP contribution in [-0.2, 0) is 10.8 Å². The molecule has 0 aliphatic heterocycles. The van der Waals surface area contributed by atoms with Crippen LogP contribution in [0.25, 0.3) is 12.2 Å². The lowest BCUT2D eigenvalue weighted by Gasteiger charge is -2.36. The molecule has 4 aromatic rings. The second-order valence-electron chi connectivity index (χ2n) is 10.8. The fourth-order valence-electron chi connectivity index (χ4n) is 6.12. The predicted molar refractivity (Wildman–Crippen MR) is 161 cm³/mol. The Kier molecular flexibility index (Phi) is 6.48. The van der Waals surface area contributed by atoms with Crippen LogP contribution < -0.4 is 0 Å². The second-order valence-corrected chi connectivity index (χ2v) is 11.9. The number of ketones is 2. The highest BCUT2D eigenvalue weighted by Crippen LogP contribution is 2.49. The zero-order chi connectivity index (χ0) is 27.0. The Morgan fingerprint density at radius 2 is 0.974 bits per heavy atom. The molecule has 0 heterocycles. The molecule has 4 aromatic carbocycles. The van der Waals surface area contributed by atoms with E-state index in [-0.39, 0.29) is 11.6 Å². The number of carbonyl (C=O) groups is 2. The fourth-order valence-corrected chi connectivity index (χ4v) is 7.54. The molecule has 0 radical (unpaired) electrons. The molecular weight excluding hydrogens is 496 g/mol. The molecule has 0 fully saturated rings. The van der Waals surface area contributed by atoms with Crippen LogP contribution in [0.15, 0.2) is 119 Å². The zero-order valence-corrected chi connectivity index (χ0v) is 23.0. The molecule has 3 heteroatoms. The topological polar surface area (TPSA) is 34.1 Å². The van der Waals surface area contributed by atoms with Gasteiger partial charge in [-0.3, -0.25) is 9.59 Å². The number of benzene rings is 4. The average molecular weight is 527 g/mol. The van der Waals surface area contributed by atoms with Crippen LogP contribution in [0.5, 0.6) is 0 Å². The van der Waals surface area contributed by atoms with Gasteiger partial charge >= 0.3 is 0 Å². The lowest BCUT2D eigenvalue weighted by Crippen LogP contribution is -2.35. The minimum atomic E-state index is -0.688. The largest absolute Gasteiger partial charge is 0.293 e. The van der Waals surface area contributed by atoms with Crippen molar-refractivity contribution in [3.63, 3.8) is 0 Å². The van der Waals surface area contributed by atoms with Gasteiger partial charge in [-0.25, -0.2) is 0 Å². The average Bonchev–Trinajstić information content (AvgIpc) is 2.97. The maximum atomic E-state index is 14.0. The second kappa shape index (κ2) is 9.98. The van der Waals surface area contributed by atoms with Crippen LogP contribution in [-0.4, -0.2) is 11.6 Å². The van der Waals surface area contributed by atoms with E-state index in [4.69, 9.17) is 0 Å². The molecule has 6 rings (SSSR count). The van der Waals surface area contributed by atoms with E-state index in [1.165, 1.54) is 0 Å². The number of allylic oxidation sites excluding steroid dienone is 2. The predicted octanol–water partition coefficient (Wildman–Crippen LogP) is 8.95. The first kappa shape index (κ1) is 25.3. The van der Waals surface area contributed by atoms with E-state index in [1.807, 2.05) is 60.7 Å². The van der Waals surface area contributed by atoms with Crippen LogP contribution in [0.4, 0.5) is 0 Å². The molecule has 0 amide bonds. The molecule has 0 bridgehead atoms. The van der Waals surface area contributed by atoms with Gasteiger partial charge in [0.1, 0.15) is 0 Å². The molecule has 0 saturated carbocycles. The first-order chi connectivity index (χ1) is 18.9. The first-order valence-corrected chi connectivity index (χ1v) is 14.2. The van der Waals surface area contributed by atoms with Gasteiger partial charge in [0.05, 0.1) is 10.8 Å². The Balaban J connectivity index is 1.47. The van der Waals surface area contributed by atoms with Crippen molar-refractivity contribution in [2.45, 2.75) is 47.3 Å². The lowest BCUT2D eigenvalue weighted by molar-refractivity contribution is 0.0888. The van der Waals surface area contributed by atoms with Crippen molar-refractivity contribution >= 4 is 35.5 Å². The zero-order valence-electron chi connectivity index (χ0n) is 22.2. The van der Waals surface area contributed by atoms with Crippen LogP contribution >= 0.6 is 11.8 Å². The third kappa shape index (κ3) is 4.31. The summed E-state index contributed by atoms with van der Waals surface area (Å²) in [6.45, 7) is 4.14. The molecule has 2 atom stereocenters. The van der Waals surface area contributed by atoms with Crippen molar-refractivity contribution in [2.24, 2.45) is 0 Å². The van der Waals surface area contributed by atoms with E-state index in [0.717, 1.165) is 43.2 Å². The van der Waals surface area contributed by atoms with Crippen molar-refractivity contribution in [3.8, 4) is 0 Å². The quantitative estimate of drug-likeness (QED) is 0.235. The summed E-state index contributed by atoms with van der Waals surface area (Å²) < 4.78 is 0. The summed E-state index contributed by atoms with van der Waals surface area (Å²) in [6, 6.07) is 31.7. The van der Waals surface area contributed by atoms with Crippen molar-refractivity contribution in [1.29, 1.82) is 0 Å². The normalized spacial score (nSPS) is 21.2. The number of hydrogen-bond acceptors (Lipinski definition) is 3. The lowest BCUT2D eigenvalue weighted by atomic mass is 9.69. The Morgan fingerprint density at radius 3 is 1.38 bits per heavy atom. The van der Waals surface area contributed by atoms with Gasteiger partial charge in [0.2, 0.25) is 0 Å². The highest BCUT2D eigenvalue weighted by molar-refractivity contribution is 7.99. The summed E-state index contributed by atoms with van der Waals surface area (Å²) in [5, 5.41) is 0. The smallest absolute Gasteiger partial charge is 0.173 e. The number of Topliss-reactive ketones (excluding diaryl/α,β-unsaturated/α-hetero) is 2. The van der Waals surface area contributed by atoms with Crippen LogP contribution in [0.1, 0.15) is 69.7 Å². The Labute approximate surface area is 234 Å². The van der Waals surface area contributed by atoms with Crippen molar-refractivity contribution in [1.82, 2.24) is 0 Å². The highest BCUT2D eigenvalue weighted by atomic mass is 32.2. The van der Waals surface area contributed by atoms with Gasteiger partial charge in [-0.05, 0) is 61.1 Å². The minimum absolute atomic E-state index is 0.129. The highest BCUT2D eigenvalue weighted by Gasteiger charge is 2.42. The molecule has 2 unspecified atom stereocenters.